The number of imidazole rings is 1. The molecular formula is C27H41N7O6. The average molecular weight is 560 g/mol. The van der Waals surface area contributed by atoms with E-state index in [1.807, 2.05) is 13.8 Å². The van der Waals surface area contributed by atoms with E-state index < -0.39 is 47.9 Å². The van der Waals surface area contributed by atoms with Crippen LogP contribution in [0.25, 0.3) is 0 Å². The summed E-state index contributed by atoms with van der Waals surface area (Å²) in [7, 11) is 0. The van der Waals surface area contributed by atoms with Crippen LogP contribution < -0.4 is 27.4 Å². The van der Waals surface area contributed by atoms with Crippen molar-refractivity contribution in [2.24, 2.45) is 17.4 Å². The van der Waals surface area contributed by atoms with E-state index in [1.54, 1.807) is 18.3 Å². The molecule has 0 aliphatic carbocycles. The lowest BCUT2D eigenvalue weighted by Gasteiger charge is -2.26. The number of aromatic hydroxyl groups is 1. The molecule has 1 heterocycles. The molecule has 2 rings (SSSR count). The van der Waals surface area contributed by atoms with E-state index in [0.717, 1.165) is 0 Å². The van der Waals surface area contributed by atoms with Gasteiger partial charge in [-0.05, 0) is 55.8 Å². The van der Waals surface area contributed by atoms with Crippen LogP contribution in [0.5, 0.6) is 5.75 Å². The van der Waals surface area contributed by atoms with E-state index in [-0.39, 0.29) is 30.9 Å². The molecule has 13 nitrogen and oxygen atoms in total. The Morgan fingerprint density at radius 2 is 1.55 bits per heavy atom. The van der Waals surface area contributed by atoms with Crippen LogP contribution in [0.1, 0.15) is 50.8 Å². The van der Waals surface area contributed by atoms with Crippen LogP contribution in [0.2, 0.25) is 0 Å². The molecule has 0 radical (unpaired) electrons. The lowest BCUT2D eigenvalue weighted by Crippen LogP contribution is -2.57. The number of aliphatic carboxylic acids is 1. The number of phenolic OH excluding ortho intramolecular Hbond substituents is 1. The van der Waals surface area contributed by atoms with E-state index in [4.69, 9.17) is 11.5 Å². The summed E-state index contributed by atoms with van der Waals surface area (Å²) in [5.41, 5.74) is 12.9. The molecule has 0 aliphatic rings. The van der Waals surface area contributed by atoms with Gasteiger partial charge in [-0.3, -0.25) is 14.4 Å². The summed E-state index contributed by atoms with van der Waals surface area (Å²) in [5.74, 6) is -2.95. The maximum Gasteiger partial charge on any atom is 0.326 e. The monoisotopic (exact) mass is 559 g/mol. The van der Waals surface area contributed by atoms with Crippen molar-refractivity contribution in [3.8, 4) is 5.75 Å². The molecule has 2 aromatic rings. The third-order valence-electron chi connectivity index (χ3n) is 6.24. The molecule has 220 valence electrons. The van der Waals surface area contributed by atoms with Gasteiger partial charge in [0, 0.05) is 24.7 Å². The fourth-order valence-electron chi connectivity index (χ4n) is 4.08. The molecule has 0 aliphatic heterocycles. The van der Waals surface area contributed by atoms with Crippen molar-refractivity contribution in [3.63, 3.8) is 0 Å². The van der Waals surface area contributed by atoms with Gasteiger partial charge in [-0.25, -0.2) is 9.78 Å². The van der Waals surface area contributed by atoms with E-state index in [9.17, 15) is 29.4 Å². The molecule has 0 fully saturated rings. The first-order valence-electron chi connectivity index (χ1n) is 13.3. The highest BCUT2D eigenvalue weighted by atomic mass is 16.4. The summed E-state index contributed by atoms with van der Waals surface area (Å²) in [6.45, 7) is 4.17. The number of carbonyl (C=O) groups is 4. The number of nitrogens with zero attached hydrogens (tertiary/aromatic N) is 1. The molecule has 0 saturated heterocycles. The van der Waals surface area contributed by atoms with Crippen molar-refractivity contribution >= 4 is 23.7 Å². The minimum Gasteiger partial charge on any atom is -0.508 e. The molecule has 4 unspecified atom stereocenters. The van der Waals surface area contributed by atoms with Crippen molar-refractivity contribution in [2.45, 2.75) is 76.5 Å². The molecule has 1 aromatic heterocycles. The number of carboxylic acid groups (broad SMARTS) is 1. The summed E-state index contributed by atoms with van der Waals surface area (Å²) in [6, 6.07) is 1.78. The molecule has 0 spiro atoms. The van der Waals surface area contributed by atoms with Crippen molar-refractivity contribution in [2.75, 3.05) is 6.54 Å². The second-order valence-electron chi connectivity index (χ2n) is 10.2. The highest BCUT2D eigenvalue weighted by Gasteiger charge is 2.30. The normalized spacial score (nSPS) is 14.1. The summed E-state index contributed by atoms with van der Waals surface area (Å²) < 4.78 is 0. The number of H-pyrrole nitrogens is 1. The molecule has 4 atom stereocenters. The van der Waals surface area contributed by atoms with Gasteiger partial charge in [0.05, 0.1) is 12.4 Å². The first kappa shape index (κ1) is 32.2. The van der Waals surface area contributed by atoms with Gasteiger partial charge in [0.1, 0.15) is 23.9 Å². The fourth-order valence-corrected chi connectivity index (χ4v) is 4.08. The van der Waals surface area contributed by atoms with Gasteiger partial charge in [-0.15, -0.1) is 0 Å². The molecule has 3 amide bonds. The standard InChI is InChI=1S/C27H41N7O6/c1-16(2)11-22(33-24(36)20(29)13-18-14-30-15-31-18)26(38)32-21(5-3-4-10-28)25(37)34-23(27(39)40)12-17-6-8-19(35)9-7-17/h6-9,14-16,20-23,35H,3-5,10-13,28-29H2,1-2H3,(H,30,31)(H,32,38)(H,33,36)(H,34,37)(H,39,40). The zero-order valence-electron chi connectivity index (χ0n) is 22.9. The minimum atomic E-state index is -1.27. The largest absolute Gasteiger partial charge is 0.508 e. The number of unbranched alkanes of at least 4 members (excludes halogenated alkanes) is 1. The topological polar surface area (TPSA) is 226 Å². The number of hydrogen-bond donors (Lipinski definition) is 8. The van der Waals surface area contributed by atoms with Crippen LogP contribution in [0.4, 0.5) is 0 Å². The SMILES string of the molecule is CC(C)CC(NC(=O)C(N)Cc1cnc[nH]1)C(=O)NC(CCCCN)C(=O)NC(Cc1ccc(O)cc1)C(=O)O. The van der Waals surface area contributed by atoms with Crippen LogP contribution in [0, 0.1) is 5.92 Å². The number of carboxylic acids is 1. The van der Waals surface area contributed by atoms with Gasteiger partial charge in [0.2, 0.25) is 17.7 Å². The Kier molecular flexibility index (Phi) is 13.1. The Bertz CT molecular complexity index is 1090. The number of nitrogens with one attached hydrogen (secondary N) is 4. The maximum atomic E-state index is 13.3. The van der Waals surface area contributed by atoms with Crippen molar-refractivity contribution < 1.29 is 29.4 Å². The predicted molar refractivity (Wildman–Crippen MR) is 148 cm³/mol. The van der Waals surface area contributed by atoms with E-state index in [0.29, 0.717) is 37.1 Å². The van der Waals surface area contributed by atoms with Gasteiger partial charge in [0.25, 0.3) is 0 Å². The lowest BCUT2D eigenvalue weighted by atomic mass is 10.0. The van der Waals surface area contributed by atoms with E-state index >= 15 is 0 Å². The summed E-state index contributed by atoms with van der Waals surface area (Å²) in [5, 5.41) is 27.1. The molecule has 13 heteroatoms. The van der Waals surface area contributed by atoms with E-state index in [2.05, 4.69) is 25.9 Å². The molecule has 40 heavy (non-hydrogen) atoms. The van der Waals surface area contributed by atoms with Gasteiger partial charge >= 0.3 is 5.97 Å². The van der Waals surface area contributed by atoms with Crippen LogP contribution in [0.15, 0.2) is 36.8 Å². The minimum absolute atomic E-state index is 0.0227. The number of phenols is 1. The number of rotatable bonds is 17. The Labute approximate surface area is 233 Å². The first-order valence-corrected chi connectivity index (χ1v) is 13.3. The third-order valence-corrected chi connectivity index (χ3v) is 6.24. The number of aromatic amines is 1. The van der Waals surface area contributed by atoms with E-state index in [1.165, 1.54) is 18.5 Å². The Morgan fingerprint density at radius 1 is 0.925 bits per heavy atom. The van der Waals surface area contributed by atoms with Crippen LogP contribution >= 0.6 is 0 Å². The van der Waals surface area contributed by atoms with Crippen molar-refractivity contribution in [1.29, 1.82) is 0 Å². The lowest BCUT2D eigenvalue weighted by molar-refractivity contribution is -0.142. The average Bonchev–Trinajstić information content (AvgIpc) is 3.41. The van der Waals surface area contributed by atoms with Crippen LogP contribution in [-0.4, -0.2) is 74.6 Å². The fraction of sp³-hybridized carbons (Fsp3) is 0.519. The highest BCUT2D eigenvalue weighted by Crippen LogP contribution is 2.13. The number of nitrogens with two attached hydrogens (primary N) is 2. The summed E-state index contributed by atoms with van der Waals surface area (Å²) >= 11 is 0. The second-order valence-corrected chi connectivity index (χ2v) is 10.2. The number of benzene rings is 1. The number of amides is 3. The number of carbonyl (C=O) groups excluding carboxylic acids is 3. The summed E-state index contributed by atoms with van der Waals surface area (Å²) in [4.78, 5) is 58.0. The first-order chi connectivity index (χ1) is 19.0. The van der Waals surface area contributed by atoms with Gasteiger partial charge < -0.3 is 42.6 Å². The molecule has 10 N–H and O–H groups in total. The third kappa shape index (κ3) is 11.0. The summed E-state index contributed by atoms with van der Waals surface area (Å²) in [6.07, 6.45) is 4.85. The van der Waals surface area contributed by atoms with Crippen molar-refractivity contribution in [1.82, 2.24) is 25.9 Å². The zero-order chi connectivity index (χ0) is 29.7. The van der Waals surface area contributed by atoms with Crippen LogP contribution in [-0.2, 0) is 32.0 Å². The predicted octanol–water partition coefficient (Wildman–Crippen LogP) is -0.0581. The number of hydrogen-bond acceptors (Lipinski definition) is 8. The Morgan fingerprint density at radius 3 is 2.12 bits per heavy atom. The Hall–Kier alpha value is -3.97. The smallest absolute Gasteiger partial charge is 0.326 e. The molecule has 1 aromatic carbocycles. The molecule has 0 bridgehead atoms. The van der Waals surface area contributed by atoms with Crippen molar-refractivity contribution in [3.05, 3.63) is 48.0 Å². The maximum absolute atomic E-state index is 13.3. The Balaban J connectivity index is 2.13. The molecular weight excluding hydrogens is 518 g/mol. The number of aromatic nitrogens is 2. The van der Waals surface area contributed by atoms with Crippen LogP contribution in [0.3, 0.4) is 0 Å². The van der Waals surface area contributed by atoms with Gasteiger partial charge in [-0.2, -0.15) is 0 Å². The molecule has 0 saturated carbocycles. The quantitative estimate of drug-likeness (QED) is 0.121. The van der Waals surface area contributed by atoms with Gasteiger partial charge in [-0.1, -0.05) is 26.0 Å². The highest BCUT2D eigenvalue weighted by molar-refractivity contribution is 5.94. The second kappa shape index (κ2) is 16.2. The van der Waals surface area contributed by atoms with Gasteiger partial charge in [0.15, 0.2) is 0 Å². The zero-order valence-corrected chi connectivity index (χ0v) is 22.9.